The van der Waals surface area contributed by atoms with E-state index in [-0.39, 0.29) is 6.61 Å². The lowest BCUT2D eigenvalue weighted by Crippen LogP contribution is -2.24. The number of aromatic nitrogens is 5. The average Bonchev–Trinajstić information content (AvgIpc) is 3.46. The third kappa shape index (κ3) is 3.22. The summed E-state index contributed by atoms with van der Waals surface area (Å²) in [6.07, 6.45) is 5.59. The lowest BCUT2D eigenvalue weighted by atomic mass is 10.1. The molecule has 9 nitrogen and oxygen atoms in total. The third-order valence-electron chi connectivity index (χ3n) is 5.46. The Balaban J connectivity index is 1.54. The lowest BCUT2D eigenvalue weighted by Gasteiger charge is -2.14. The van der Waals surface area contributed by atoms with Crippen LogP contribution in [0.15, 0.2) is 55.2 Å². The van der Waals surface area contributed by atoms with E-state index in [1.54, 1.807) is 6.20 Å². The second kappa shape index (κ2) is 7.52. The molecule has 0 unspecified atom stereocenters. The predicted octanol–water partition coefficient (Wildman–Crippen LogP) is 1.57. The molecule has 1 aliphatic rings. The number of anilines is 1. The molecule has 3 aromatic heterocycles. The molecule has 4 heterocycles. The number of ether oxygens (including phenoxy) is 1. The molecule has 5 rings (SSSR count). The predicted molar refractivity (Wildman–Crippen MR) is 110 cm³/mol. The Kier molecular flexibility index (Phi) is 4.70. The van der Waals surface area contributed by atoms with Crippen molar-refractivity contribution in [1.29, 1.82) is 0 Å². The van der Waals surface area contributed by atoms with Crippen molar-refractivity contribution in [3.63, 3.8) is 0 Å². The van der Waals surface area contributed by atoms with E-state index in [0.717, 1.165) is 16.7 Å². The van der Waals surface area contributed by atoms with Gasteiger partial charge in [-0.25, -0.2) is 9.97 Å². The highest BCUT2D eigenvalue weighted by Gasteiger charge is 2.35. The molecule has 4 aromatic rings. The van der Waals surface area contributed by atoms with E-state index in [2.05, 4.69) is 27.2 Å². The van der Waals surface area contributed by atoms with Gasteiger partial charge in [-0.2, -0.15) is 5.10 Å². The molecule has 1 aromatic carbocycles. The first-order valence-corrected chi connectivity index (χ1v) is 9.76. The van der Waals surface area contributed by atoms with E-state index in [4.69, 9.17) is 10.5 Å². The molecule has 30 heavy (non-hydrogen) atoms. The van der Waals surface area contributed by atoms with Crippen LogP contribution >= 0.6 is 0 Å². The average molecular weight is 406 g/mol. The summed E-state index contributed by atoms with van der Waals surface area (Å²) in [7, 11) is 0. The standard InChI is InChI=1S/C21H22N6O3/c22-20-19-15(14-7-25-26(9-14)8-13-4-2-1-3-5-13)10-27(21(19)24-12-23-20)18-6-16(29)17(11-28)30-18/h1-5,7,9-10,12,16-18,28-29H,6,8,11H2,(H2,22,23,24)/t16-,17+,18+/m0/s1. The minimum atomic E-state index is -0.742. The van der Waals surface area contributed by atoms with Gasteiger partial charge < -0.3 is 25.3 Å². The summed E-state index contributed by atoms with van der Waals surface area (Å²) in [5, 5.41) is 24.8. The van der Waals surface area contributed by atoms with Crippen LogP contribution < -0.4 is 5.73 Å². The molecule has 0 saturated carbocycles. The van der Waals surface area contributed by atoms with Gasteiger partial charge in [0, 0.05) is 29.9 Å². The van der Waals surface area contributed by atoms with Gasteiger partial charge in [-0.3, -0.25) is 4.68 Å². The molecule has 0 spiro atoms. The fraction of sp³-hybridized carbons (Fsp3) is 0.286. The molecule has 1 aliphatic heterocycles. The molecule has 0 radical (unpaired) electrons. The normalized spacial score (nSPS) is 21.5. The van der Waals surface area contributed by atoms with Gasteiger partial charge in [-0.1, -0.05) is 30.3 Å². The smallest absolute Gasteiger partial charge is 0.148 e. The van der Waals surface area contributed by atoms with Crippen LogP contribution in [0.5, 0.6) is 0 Å². The second-order valence-electron chi connectivity index (χ2n) is 7.43. The van der Waals surface area contributed by atoms with Crippen LogP contribution in [0, 0.1) is 0 Å². The molecule has 154 valence electrons. The summed E-state index contributed by atoms with van der Waals surface area (Å²) in [4.78, 5) is 8.55. The summed E-state index contributed by atoms with van der Waals surface area (Å²) < 4.78 is 9.54. The van der Waals surface area contributed by atoms with Crippen LogP contribution in [0.3, 0.4) is 0 Å². The maximum Gasteiger partial charge on any atom is 0.148 e. The summed E-state index contributed by atoms with van der Waals surface area (Å²) in [5.41, 5.74) is 9.69. The summed E-state index contributed by atoms with van der Waals surface area (Å²) in [6.45, 7) is 0.411. The van der Waals surface area contributed by atoms with Crippen LogP contribution in [0.25, 0.3) is 22.2 Å². The number of rotatable bonds is 5. The van der Waals surface area contributed by atoms with Crippen molar-refractivity contribution >= 4 is 16.9 Å². The molecule has 9 heteroatoms. The number of nitrogen functional groups attached to an aromatic ring is 1. The Morgan fingerprint density at radius 1 is 1.17 bits per heavy atom. The van der Waals surface area contributed by atoms with Crippen molar-refractivity contribution < 1.29 is 14.9 Å². The van der Waals surface area contributed by atoms with E-state index in [1.807, 2.05) is 39.8 Å². The largest absolute Gasteiger partial charge is 0.394 e. The SMILES string of the molecule is Nc1ncnc2c1c(-c1cnn(Cc3ccccc3)c1)cn2[C@H]1C[C@H](O)[C@@H](CO)O1. The van der Waals surface area contributed by atoms with Gasteiger partial charge in [-0.15, -0.1) is 0 Å². The van der Waals surface area contributed by atoms with Gasteiger partial charge >= 0.3 is 0 Å². The zero-order valence-electron chi connectivity index (χ0n) is 16.2. The van der Waals surface area contributed by atoms with E-state index in [0.29, 0.717) is 29.8 Å². The van der Waals surface area contributed by atoms with Crippen LogP contribution in [0.4, 0.5) is 5.82 Å². The zero-order valence-corrected chi connectivity index (χ0v) is 16.2. The molecule has 4 N–H and O–H groups in total. The monoisotopic (exact) mass is 406 g/mol. The Morgan fingerprint density at radius 3 is 2.77 bits per heavy atom. The van der Waals surface area contributed by atoms with E-state index in [9.17, 15) is 10.2 Å². The van der Waals surface area contributed by atoms with E-state index in [1.165, 1.54) is 6.33 Å². The van der Waals surface area contributed by atoms with Crippen LogP contribution in [0.2, 0.25) is 0 Å². The van der Waals surface area contributed by atoms with Crippen molar-refractivity contribution in [1.82, 2.24) is 24.3 Å². The van der Waals surface area contributed by atoms with E-state index >= 15 is 0 Å². The number of hydrogen-bond acceptors (Lipinski definition) is 7. The van der Waals surface area contributed by atoms with Gasteiger partial charge in [0.25, 0.3) is 0 Å². The minimum absolute atomic E-state index is 0.243. The highest BCUT2D eigenvalue weighted by Crippen LogP contribution is 2.37. The maximum atomic E-state index is 10.1. The first-order chi connectivity index (χ1) is 14.6. The second-order valence-corrected chi connectivity index (χ2v) is 7.43. The summed E-state index contributed by atoms with van der Waals surface area (Å²) in [5.74, 6) is 0.363. The fourth-order valence-corrected chi connectivity index (χ4v) is 3.96. The van der Waals surface area contributed by atoms with Gasteiger partial charge in [0.05, 0.1) is 30.8 Å². The fourth-order valence-electron chi connectivity index (χ4n) is 3.96. The molecular weight excluding hydrogens is 384 g/mol. The first-order valence-electron chi connectivity index (χ1n) is 9.76. The molecule has 1 saturated heterocycles. The van der Waals surface area contributed by atoms with Crippen LogP contribution in [-0.2, 0) is 11.3 Å². The number of aliphatic hydroxyl groups excluding tert-OH is 2. The van der Waals surface area contributed by atoms with Gasteiger partial charge in [0.15, 0.2) is 0 Å². The number of nitrogens with zero attached hydrogens (tertiary/aromatic N) is 5. The quantitative estimate of drug-likeness (QED) is 0.459. The Hall–Kier alpha value is -3.27. The molecule has 1 fully saturated rings. The van der Waals surface area contributed by atoms with Crippen molar-refractivity contribution in [3.8, 4) is 11.1 Å². The van der Waals surface area contributed by atoms with Crippen molar-refractivity contribution in [2.75, 3.05) is 12.3 Å². The highest BCUT2D eigenvalue weighted by molar-refractivity contribution is 6.00. The first kappa shape index (κ1) is 18.7. The highest BCUT2D eigenvalue weighted by atomic mass is 16.5. The lowest BCUT2D eigenvalue weighted by molar-refractivity contribution is -0.0430. The number of hydrogen-bond donors (Lipinski definition) is 3. The Labute approximate surface area is 172 Å². The molecular formula is C21H22N6O3. The Morgan fingerprint density at radius 2 is 2.00 bits per heavy atom. The topological polar surface area (TPSA) is 124 Å². The summed E-state index contributed by atoms with van der Waals surface area (Å²) in [6, 6.07) is 10.1. The maximum absolute atomic E-state index is 10.1. The van der Waals surface area contributed by atoms with Crippen molar-refractivity contribution in [2.45, 2.75) is 31.4 Å². The number of aliphatic hydroxyl groups is 2. The molecule has 0 aliphatic carbocycles. The number of benzene rings is 1. The Bertz CT molecular complexity index is 1170. The van der Waals surface area contributed by atoms with Crippen molar-refractivity contribution in [3.05, 3.63) is 60.8 Å². The minimum Gasteiger partial charge on any atom is -0.394 e. The van der Waals surface area contributed by atoms with Crippen molar-refractivity contribution in [2.24, 2.45) is 0 Å². The number of fused-ring (bicyclic) bond motifs is 1. The van der Waals surface area contributed by atoms with Gasteiger partial charge in [0.2, 0.25) is 0 Å². The van der Waals surface area contributed by atoms with Gasteiger partial charge in [0.1, 0.15) is 30.1 Å². The van der Waals surface area contributed by atoms with E-state index < -0.39 is 18.4 Å². The van der Waals surface area contributed by atoms with Gasteiger partial charge in [-0.05, 0) is 5.56 Å². The summed E-state index contributed by atoms with van der Waals surface area (Å²) >= 11 is 0. The van der Waals surface area contributed by atoms with Crippen LogP contribution in [0.1, 0.15) is 18.2 Å². The number of nitrogens with two attached hydrogens (primary N) is 1. The molecule has 3 atom stereocenters. The van der Waals surface area contributed by atoms with Crippen LogP contribution in [-0.4, -0.2) is 53.3 Å². The molecule has 0 amide bonds. The zero-order chi connectivity index (χ0) is 20.7. The molecule has 0 bridgehead atoms. The third-order valence-corrected chi connectivity index (χ3v) is 5.46.